The molecule has 5 rings (SSSR count). The minimum absolute atomic E-state index is 0.0878. The highest BCUT2D eigenvalue weighted by Crippen LogP contribution is 2.31. The molecule has 0 aromatic carbocycles. The molecule has 2 aliphatic rings. The van der Waals surface area contributed by atoms with Gasteiger partial charge >= 0.3 is 6.03 Å². The van der Waals surface area contributed by atoms with Crippen molar-refractivity contribution in [3.63, 3.8) is 0 Å². The summed E-state index contributed by atoms with van der Waals surface area (Å²) in [6.07, 6.45) is 10.5. The highest BCUT2D eigenvalue weighted by atomic mass is 16.2. The van der Waals surface area contributed by atoms with Crippen molar-refractivity contribution in [1.29, 1.82) is 0 Å². The maximum absolute atomic E-state index is 12.6. The largest absolute Gasteiger partial charge is 0.324 e. The lowest BCUT2D eigenvalue weighted by molar-refractivity contribution is 0.194. The first-order chi connectivity index (χ1) is 14.2. The van der Waals surface area contributed by atoms with Crippen molar-refractivity contribution in [2.75, 3.05) is 18.4 Å². The summed E-state index contributed by atoms with van der Waals surface area (Å²) in [6.45, 7) is 1.41. The molecule has 0 unspecified atom stereocenters. The Balaban J connectivity index is 1.16. The molecule has 0 atom stereocenters. The normalized spacial score (nSPS) is 17.4. The number of urea groups is 1. The second-order valence-corrected chi connectivity index (χ2v) is 8.01. The maximum atomic E-state index is 12.6. The number of pyridine rings is 2. The molecule has 0 spiro atoms. The van der Waals surface area contributed by atoms with E-state index in [9.17, 15) is 4.79 Å². The first-order valence-corrected chi connectivity index (χ1v) is 10.3. The molecule has 0 bridgehead atoms. The summed E-state index contributed by atoms with van der Waals surface area (Å²) in [4.78, 5) is 32.3. The van der Waals surface area contributed by atoms with Crippen LogP contribution in [0, 0.1) is 5.92 Å². The molecule has 2 amide bonds. The van der Waals surface area contributed by atoms with Gasteiger partial charge in [-0.15, -0.1) is 0 Å². The predicted octanol–water partition coefficient (Wildman–Crippen LogP) is 3.78. The second-order valence-electron chi connectivity index (χ2n) is 8.01. The van der Waals surface area contributed by atoms with E-state index < -0.39 is 0 Å². The molecule has 1 aliphatic carbocycles. The van der Waals surface area contributed by atoms with E-state index in [1.807, 2.05) is 17.0 Å². The van der Waals surface area contributed by atoms with Crippen LogP contribution >= 0.6 is 0 Å². The lowest BCUT2D eigenvalue weighted by Gasteiger charge is -2.31. The van der Waals surface area contributed by atoms with E-state index in [1.54, 1.807) is 18.6 Å². The number of rotatable bonds is 4. The molecule has 3 aromatic heterocycles. The van der Waals surface area contributed by atoms with Crippen LogP contribution in [-0.2, 0) is 6.42 Å². The number of nitrogens with zero attached hydrogens (tertiary/aromatic N) is 5. The number of carbonyl (C=O) groups excluding carboxylic acids is 1. The van der Waals surface area contributed by atoms with Crippen LogP contribution in [-0.4, -0.2) is 44.0 Å². The van der Waals surface area contributed by atoms with Gasteiger partial charge in [0.2, 0.25) is 0 Å². The van der Waals surface area contributed by atoms with Gasteiger partial charge in [-0.2, -0.15) is 0 Å². The van der Waals surface area contributed by atoms with Gasteiger partial charge in [0, 0.05) is 42.7 Å². The summed E-state index contributed by atoms with van der Waals surface area (Å²) in [5.74, 6) is 1.98. The number of hydrogen-bond acceptors (Lipinski definition) is 5. The number of piperidine rings is 1. The summed E-state index contributed by atoms with van der Waals surface area (Å²) >= 11 is 0. The van der Waals surface area contributed by atoms with Crippen molar-refractivity contribution >= 4 is 22.8 Å². The van der Waals surface area contributed by atoms with Gasteiger partial charge in [0.15, 0.2) is 5.65 Å². The summed E-state index contributed by atoms with van der Waals surface area (Å²) in [7, 11) is 0. The van der Waals surface area contributed by atoms with Crippen molar-refractivity contribution in [2.24, 2.45) is 5.92 Å². The molecule has 0 radical (unpaired) electrons. The zero-order valence-corrected chi connectivity index (χ0v) is 16.3. The highest BCUT2D eigenvalue weighted by molar-refractivity contribution is 5.89. The van der Waals surface area contributed by atoms with Crippen molar-refractivity contribution in [1.82, 2.24) is 24.8 Å². The van der Waals surface area contributed by atoms with Crippen LogP contribution in [0.15, 0.2) is 42.9 Å². The molecule has 7 heteroatoms. The molecular weight excluding hydrogens is 364 g/mol. The Bertz CT molecular complexity index is 1010. The van der Waals surface area contributed by atoms with Crippen molar-refractivity contribution in [3.05, 3.63) is 54.4 Å². The Morgan fingerprint density at radius 3 is 2.59 bits per heavy atom. The first-order valence-electron chi connectivity index (χ1n) is 10.3. The van der Waals surface area contributed by atoms with Crippen LogP contribution in [0.5, 0.6) is 0 Å². The van der Waals surface area contributed by atoms with E-state index in [-0.39, 0.29) is 6.03 Å². The topological polar surface area (TPSA) is 83.9 Å². The number of amides is 2. The number of aromatic nitrogens is 4. The number of nitrogens with one attached hydrogen (secondary N) is 1. The van der Waals surface area contributed by atoms with Gasteiger partial charge in [0.25, 0.3) is 0 Å². The van der Waals surface area contributed by atoms with Gasteiger partial charge in [-0.25, -0.2) is 24.7 Å². The van der Waals surface area contributed by atoms with Crippen LogP contribution in [0.1, 0.15) is 43.1 Å². The van der Waals surface area contributed by atoms with E-state index in [4.69, 9.17) is 4.98 Å². The second kappa shape index (κ2) is 7.73. The fraction of sp³-hybridized carbons (Fsp3) is 0.409. The molecule has 1 saturated heterocycles. The minimum Gasteiger partial charge on any atom is -0.324 e. The molecule has 1 aliphatic heterocycles. The third kappa shape index (κ3) is 4.18. The van der Waals surface area contributed by atoms with E-state index in [0.717, 1.165) is 47.7 Å². The first kappa shape index (κ1) is 18.0. The standard InChI is InChI=1S/C22H24N6O/c29-22(26-18-13-24-20(25-14-18)12-15-3-4-15)28-10-7-16(8-11-28)19-6-5-17-2-1-9-23-21(17)27-19/h1-2,5-6,9,13-16H,3-4,7-8,10-12H2,(H,26,29). The Morgan fingerprint density at radius 2 is 1.83 bits per heavy atom. The predicted molar refractivity (Wildman–Crippen MR) is 111 cm³/mol. The van der Waals surface area contributed by atoms with E-state index in [1.165, 1.54) is 12.8 Å². The number of anilines is 1. The van der Waals surface area contributed by atoms with E-state index >= 15 is 0 Å². The maximum Gasteiger partial charge on any atom is 0.321 e. The molecule has 7 nitrogen and oxygen atoms in total. The molecule has 148 valence electrons. The highest BCUT2D eigenvalue weighted by Gasteiger charge is 2.25. The number of carbonyl (C=O) groups is 1. The van der Waals surface area contributed by atoms with E-state index in [0.29, 0.717) is 24.7 Å². The quantitative estimate of drug-likeness (QED) is 0.735. The Kier molecular flexibility index (Phi) is 4.79. The van der Waals surface area contributed by atoms with Gasteiger partial charge in [0.05, 0.1) is 18.1 Å². The summed E-state index contributed by atoms with van der Waals surface area (Å²) < 4.78 is 0. The number of hydrogen-bond donors (Lipinski definition) is 1. The Morgan fingerprint density at radius 1 is 1.03 bits per heavy atom. The van der Waals surface area contributed by atoms with Crippen molar-refractivity contribution < 1.29 is 4.79 Å². The SMILES string of the molecule is O=C(Nc1cnc(CC2CC2)nc1)N1CCC(c2ccc3cccnc3n2)CC1. The monoisotopic (exact) mass is 388 g/mol. The molecular formula is C22H24N6O. The fourth-order valence-corrected chi connectivity index (χ4v) is 3.88. The van der Waals surface area contributed by atoms with Gasteiger partial charge in [-0.3, -0.25) is 0 Å². The summed E-state index contributed by atoms with van der Waals surface area (Å²) in [5.41, 5.74) is 2.50. The smallest absolute Gasteiger partial charge is 0.321 e. The van der Waals surface area contributed by atoms with Crippen molar-refractivity contribution in [2.45, 2.75) is 38.0 Å². The van der Waals surface area contributed by atoms with Gasteiger partial charge < -0.3 is 10.2 Å². The molecule has 1 saturated carbocycles. The summed E-state index contributed by atoms with van der Waals surface area (Å²) in [5, 5.41) is 3.98. The van der Waals surface area contributed by atoms with Gasteiger partial charge in [-0.1, -0.05) is 0 Å². The Labute approximate surface area is 169 Å². The zero-order valence-electron chi connectivity index (χ0n) is 16.3. The Hall–Kier alpha value is -3.09. The molecule has 4 heterocycles. The summed E-state index contributed by atoms with van der Waals surface area (Å²) in [6, 6.07) is 8.03. The molecule has 29 heavy (non-hydrogen) atoms. The molecule has 1 N–H and O–H groups in total. The lowest BCUT2D eigenvalue weighted by atomic mass is 9.93. The van der Waals surface area contributed by atoms with E-state index in [2.05, 4.69) is 32.4 Å². The lowest BCUT2D eigenvalue weighted by Crippen LogP contribution is -2.40. The van der Waals surface area contributed by atoms with Gasteiger partial charge in [-0.05, 0) is 55.9 Å². The average molecular weight is 388 g/mol. The van der Waals surface area contributed by atoms with Crippen LogP contribution in [0.25, 0.3) is 11.0 Å². The number of likely N-dealkylation sites (tertiary alicyclic amines) is 1. The average Bonchev–Trinajstić information content (AvgIpc) is 3.59. The minimum atomic E-state index is -0.0878. The van der Waals surface area contributed by atoms with Crippen LogP contribution in [0.2, 0.25) is 0 Å². The van der Waals surface area contributed by atoms with Crippen molar-refractivity contribution in [3.8, 4) is 0 Å². The number of fused-ring (bicyclic) bond motifs is 1. The third-order valence-electron chi connectivity index (χ3n) is 5.81. The van der Waals surface area contributed by atoms with Crippen LogP contribution in [0.3, 0.4) is 0 Å². The van der Waals surface area contributed by atoms with Gasteiger partial charge in [0.1, 0.15) is 5.82 Å². The fourth-order valence-electron chi connectivity index (χ4n) is 3.88. The molecule has 2 fully saturated rings. The molecule has 3 aromatic rings. The van der Waals surface area contributed by atoms with Crippen LogP contribution in [0.4, 0.5) is 10.5 Å². The zero-order chi connectivity index (χ0) is 19.6. The van der Waals surface area contributed by atoms with Crippen LogP contribution < -0.4 is 5.32 Å². The third-order valence-corrected chi connectivity index (χ3v) is 5.81.